The van der Waals surface area contributed by atoms with Crippen molar-refractivity contribution < 1.29 is 14.3 Å². The van der Waals surface area contributed by atoms with Crippen LogP contribution in [0.1, 0.15) is 31.7 Å². The van der Waals surface area contributed by atoms with Crippen molar-refractivity contribution in [2.45, 2.75) is 31.6 Å². The van der Waals surface area contributed by atoms with Crippen molar-refractivity contribution in [3.8, 4) is 0 Å². The molecule has 1 aromatic carbocycles. The average Bonchev–Trinajstić information content (AvgIpc) is 2.49. The second kappa shape index (κ2) is 6.83. The molecule has 3 heteroatoms. The number of hydrogen-bond donors (Lipinski definition) is 0. The normalized spacial score (nSPS) is 18.2. The molecule has 0 aromatic heterocycles. The molecular weight excluding hydrogens is 240 g/mol. The minimum atomic E-state index is -0.409. The zero-order valence-corrected chi connectivity index (χ0v) is 11.6. The Hall–Kier alpha value is -1.19. The molecule has 1 aliphatic heterocycles. The SMILES string of the molecule is CCCOCC(=O)C1(c2ccccc2)CCOCC1. The van der Waals surface area contributed by atoms with E-state index in [1.165, 1.54) is 0 Å². The van der Waals surface area contributed by atoms with Crippen molar-refractivity contribution in [3.63, 3.8) is 0 Å². The van der Waals surface area contributed by atoms with Gasteiger partial charge in [-0.2, -0.15) is 0 Å². The molecule has 19 heavy (non-hydrogen) atoms. The summed E-state index contributed by atoms with van der Waals surface area (Å²) in [6.45, 7) is 4.20. The maximum absolute atomic E-state index is 12.6. The number of carbonyl (C=O) groups is 1. The van der Waals surface area contributed by atoms with Crippen molar-refractivity contribution in [1.29, 1.82) is 0 Å². The van der Waals surface area contributed by atoms with Gasteiger partial charge in [-0.3, -0.25) is 4.79 Å². The molecule has 0 unspecified atom stereocenters. The van der Waals surface area contributed by atoms with Crippen molar-refractivity contribution >= 4 is 5.78 Å². The lowest BCUT2D eigenvalue weighted by Crippen LogP contribution is -2.43. The lowest BCUT2D eigenvalue weighted by molar-refractivity contribution is -0.133. The van der Waals surface area contributed by atoms with Crippen molar-refractivity contribution in [2.24, 2.45) is 0 Å². The van der Waals surface area contributed by atoms with Crippen LogP contribution in [0.4, 0.5) is 0 Å². The Labute approximate surface area is 114 Å². The van der Waals surface area contributed by atoms with E-state index in [2.05, 4.69) is 0 Å². The van der Waals surface area contributed by atoms with Crippen LogP contribution >= 0.6 is 0 Å². The summed E-state index contributed by atoms with van der Waals surface area (Å²) in [5, 5.41) is 0. The van der Waals surface area contributed by atoms with E-state index in [0.29, 0.717) is 19.8 Å². The number of ketones is 1. The lowest BCUT2D eigenvalue weighted by Gasteiger charge is -2.36. The first kappa shape index (κ1) is 14.2. The Morgan fingerprint density at radius 3 is 2.58 bits per heavy atom. The zero-order valence-electron chi connectivity index (χ0n) is 11.6. The first-order valence-electron chi connectivity index (χ1n) is 7.04. The fourth-order valence-electron chi connectivity index (χ4n) is 2.65. The molecule has 1 fully saturated rings. The van der Waals surface area contributed by atoms with Crippen LogP contribution in [0.3, 0.4) is 0 Å². The molecule has 0 bridgehead atoms. The largest absolute Gasteiger partial charge is 0.381 e. The molecule has 1 aromatic rings. The Morgan fingerprint density at radius 1 is 1.26 bits per heavy atom. The van der Waals surface area contributed by atoms with Crippen molar-refractivity contribution in [1.82, 2.24) is 0 Å². The third kappa shape index (κ3) is 3.23. The van der Waals surface area contributed by atoms with Crippen LogP contribution < -0.4 is 0 Å². The minimum Gasteiger partial charge on any atom is -0.381 e. The summed E-state index contributed by atoms with van der Waals surface area (Å²) in [7, 11) is 0. The average molecular weight is 262 g/mol. The van der Waals surface area contributed by atoms with Gasteiger partial charge in [-0.25, -0.2) is 0 Å². The summed E-state index contributed by atoms with van der Waals surface area (Å²) in [5.74, 6) is 0.190. The molecule has 3 nitrogen and oxygen atoms in total. The molecule has 0 saturated carbocycles. The maximum atomic E-state index is 12.6. The highest BCUT2D eigenvalue weighted by molar-refractivity contribution is 5.91. The van der Waals surface area contributed by atoms with E-state index in [9.17, 15) is 4.79 Å². The Bertz CT molecular complexity index is 394. The first-order valence-corrected chi connectivity index (χ1v) is 7.04. The smallest absolute Gasteiger partial charge is 0.169 e. The second-order valence-corrected chi connectivity index (χ2v) is 5.04. The highest BCUT2D eigenvalue weighted by Crippen LogP contribution is 2.35. The molecule has 0 N–H and O–H groups in total. The van der Waals surface area contributed by atoms with Crippen LogP contribution in [0.25, 0.3) is 0 Å². The van der Waals surface area contributed by atoms with Crippen LogP contribution in [-0.4, -0.2) is 32.2 Å². The van der Waals surface area contributed by atoms with Crippen LogP contribution in [0, 0.1) is 0 Å². The summed E-state index contributed by atoms with van der Waals surface area (Å²) in [6, 6.07) is 10.1. The predicted molar refractivity (Wildman–Crippen MR) is 74.3 cm³/mol. The summed E-state index contributed by atoms with van der Waals surface area (Å²) in [6.07, 6.45) is 2.45. The van der Waals surface area contributed by atoms with E-state index in [-0.39, 0.29) is 12.4 Å². The summed E-state index contributed by atoms with van der Waals surface area (Å²) in [5.41, 5.74) is 0.691. The molecule has 0 atom stereocenters. The summed E-state index contributed by atoms with van der Waals surface area (Å²) < 4.78 is 10.9. The van der Waals surface area contributed by atoms with Gasteiger partial charge in [0.05, 0.1) is 5.41 Å². The molecule has 1 heterocycles. The van der Waals surface area contributed by atoms with Gasteiger partial charge in [-0.1, -0.05) is 37.3 Å². The van der Waals surface area contributed by atoms with Crippen molar-refractivity contribution in [3.05, 3.63) is 35.9 Å². The van der Waals surface area contributed by atoms with Gasteiger partial charge in [-0.15, -0.1) is 0 Å². The maximum Gasteiger partial charge on any atom is 0.169 e. The van der Waals surface area contributed by atoms with E-state index in [1.54, 1.807) is 0 Å². The molecule has 0 spiro atoms. The molecule has 0 amide bonds. The van der Waals surface area contributed by atoms with E-state index >= 15 is 0 Å². The minimum absolute atomic E-state index is 0.190. The number of Topliss-reactive ketones (excluding diaryl/α,β-unsaturated/α-hetero) is 1. The van der Waals surface area contributed by atoms with Crippen LogP contribution in [0.15, 0.2) is 30.3 Å². The quantitative estimate of drug-likeness (QED) is 0.739. The van der Waals surface area contributed by atoms with Crippen molar-refractivity contribution in [2.75, 3.05) is 26.4 Å². The third-order valence-electron chi connectivity index (χ3n) is 3.79. The fraction of sp³-hybridized carbons (Fsp3) is 0.562. The van der Waals surface area contributed by atoms with E-state index in [0.717, 1.165) is 24.8 Å². The summed E-state index contributed by atoms with van der Waals surface area (Å²) in [4.78, 5) is 12.6. The van der Waals surface area contributed by atoms with Crippen LogP contribution in [-0.2, 0) is 19.7 Å². The molecule has 1 aliphatic rings. The van der Waals surface area contributed by atoms with Gasteiger partial charge < -0.3 is 9.47 Å². The van der Waals surface area contributed by atoms with Gasteiger partial charge >= 0.3 is 0 Å². The fourth-order valence-corrected chi connectivity index (χ4v) is 2.65. The topological polar surface area (TPSA) is 35.5 Å². The van der Waals surface area contributed by atoms with Gasteiger partial charge in [0.15, 0.2) is 5.78 Å². The third-order valence-corrected chi connectivity index (χ3v) is 3.79. The van der Waals surface area contributed by atoms with E-state index in [4.69, 9.17) is 9.47 Å². The predicted octanol–water partition coefficient (Wildman–Crippen LogP) is 2.73. The number of hydrogen-bond acceptors (Lipinski definition) is 3. The highest BCUT2D eigenvalue weighted by Gasteiger charge is 2.40. The molecular formula is C16H22O3. The van der Waals surface area contributed by atoms with Crippen LogP contribution in [0.5, 0.6) is 0 Å². The lowest BCUT2D eigenvalue weighted by atomic mass is 9.71. The highest BCUT2D eigenvalue weighted by atomic mass is 16.5. The van der Waals surface area contributed by atoms with Gasteiger partial charge in [-0.05, 0) is 24.8 Å². The van der Waals surface area contributed by atoms with Crippen LogP contribution in [0.2, 0.25) is 0 Å². The number of carbonyl (C=O) groups excluding carboxylic acids is 1. The number of benzene rings is 1. The molecule has 0 aliphatic carbocycles. The monoisotopic (exact) mass is 262 g/mol. The number of rotatable bonds is 6. The molecule has 2 rings (SSSR count). The van der Waals surface area contributed by atoms with Gasteiger partial charge in [0.1, 0.15) is 6.61 Å². The van der Waals surface area contributed by atoms with E-state index < -0.39 is 5.41 Å². The Kier molecular flexibility index (Phi) is 5.11. The number of ether oxygens (including phenoxy) is 2. The second-order valence-electron chi connectivity index (χ2n) is 5.04. The summed E-state index contributed by atoms with van der Waals surface area (Å²) >= 11 is 0. The molecule has 0 radical (unpaired) electrons. The van der Waals surface area contributed by atoms with Gasteiger partial charge in [0.2, 0.25) is 0 Å². The van der Waals surface area contributed by atoms with Gasteiger partial charge in [0.25, 0.3) is 0 Å². The Balaban J connectivity index is 2.17. The Morgan fingerprint density at radius 2 is 1.95 bits per heavy atom. The van der Waals surface area contributed by atoms with E-state index in [1.807, 2.05) is 37.3 Å². The zero-order chi connectivity index (χ0) is 13.6. The standard InChI is InChI=1S/C16H22O3/c1-2-10-19-13-15(17)16(8-11-18-12-9-16)14-6-4-3-5-7-14/h3-7H,2,8-13H2,1H3. The molecule has 104 valence electrons. The molecule has 1 saturated heterocycles. The van der Waals surface area contributed by atoms with Gasteiger partial charge in [0, 0.05) is 19.8 Å². The first-order chi connectivity index (χ1) is 9.29.